The third-order valence-corrected chi connectivity index (χ3v) is 6.63. The van der Waals surface area contributed by atoms with Crippen LogP contribution in [0.3, 0.4) is 0 Å². The van der Waals surface area contributed by atoms with Gasteiger partial charge in [0.2, 0.25) is 0 Å². The van der Waals surface area contributed by atoms with Crippen molar-refractivity contribution in [2.45, 2.75) is 43.4 Å². The zero-order chi connectivity index (χ0) is 18.7. The largest absolute Gasteiger partial charge is 0.269 e. The third kappa shape index (κ3) is 4.01. The molecule has 0 bridgehead atoms. The Hall–Kier alpha value is -2.08. The number of hydrogen-bond donors (Lipinski definition) is 0. The molecule has 0 aliphatic carbocycles. The number of halogens is 1. The predicted molar refractivity (Wildman–Crippen MR) is 100 cm³/mol. The van der Waals surface area contributed by atoms with E-state index >= 15 is 0 Å². The Bertz CT molecular complexity index is 840. The standard InChI is InChI=1S/C20H22FNO3S/c1-2-3-5-14-10-18(15-6-4-7-17(11-15)22(23)24)19-12-16(21)8-9-20(19)26(25)13-14/h4,6-9,11-12,14,18H,2-3,5,10,13H2,1H3/t14?,18-,26?/m1/s1. The lowest BCUT2D eigenvalue weighted by atomic mass is 9.82. The van der Waals surface area contributed by atoms with Gasteiger partial charge in [-0.1, -0.05) is 31.9 Å². The van der Waals surface area contributed by atoms with Crippen LogP contribution in [0, 0.1) is 21.8 Å². The molecule has 4 nitrogen and oxygen atoms in total. The van der Waals surface area contributed by atoms with Crippen molar-refractivity contribution in [1.82, 2.24) is 0 Å². The van der Waals surface area contributed by atoms with Crippen LogP contribution in [0.5, 0.6) is 0 Å². The molecular weight excluding hydrogens is 353 g/mol. The first-order valence-electron chi connectivity index (χ1n) is 8.91. The summed E-state index contributed by atoms with van der Waals surface area (Å²) in [5.74, 6) is 0.247. The highest BCUT2D eigenvalue weighted by atomic mass is 32.2. The molecule has 0 amide bonds. The Balaban J connectivity index is 2.08. The van der Waals surface area contributed by atoms with Crippen LogP contribution in [0.2, 0.25) is 0 Å². The number of benzene rings is 2. The maximum atomic E-state index is 13.9. The van der Waals surface area contributed by atoms with E-state index < -0.39 is 15.7 Å². The minimum absolute atomic E-state index is 0.0240. The quantitative estimate of drug-likeness (QED) is 0.534. The third-order valence-electron chi connectivity index (χ3n) is 5.00. The van der Waals surface area contributed by atoms with Crippen molar-refractivity contribution in [2.24, 2.45) is 5.92 Å². The highest BCUT2D eigenvalue weighted by Crippen LogP contribution is 2.40. The summed E-state index contributed by atoms with van der Waals surface area (Å²) in [6, 6.07) is 10.9. The second-order valence-electron chi connectivity index (χ2n) is 6.84. The summed E-state index contributed by atoms with van der Waals surface area (Å²) in [4.78, 5) is 11.4. The second-order valence-corrected chi connectivity index (χ2v) is 8.31. The molecule has 3 rings (SSSR count). The molecule has 0 radical (unpaired) electrons. The van der Waals surface area contributed by atoms with Crippen LogP contribution in [0.15, 0.2) is 47.4 Å². The molecule has 26 heavy (non-hydrogen) atoms. The normalized spacial score (nSPS) is 22.5. The predicted octanol–water partition coefficient (Wildman–Crippen LogP) is 5.18. The molecule has 2 unspecified atom stereocenters. The van der Waals surface area contributed by atoms with Gasteiger partial charge >= 0.3 is 0 Å². The monoisotopic (exact) mass is 375 g/mol. The first kappa shape index (κ1) is 18.7. The summed E-state index contributed by atoms with van der Waals surface area (Å²) in [7, 11) is -1.18. The van der Waals surface area contributed by atoms with Gasteiger partial charge in [0, 0.05) is 28.7 Å². The summed E-state index contributed by atoms with van der Waals surface area (Å²) in [5, 5.41) is 11.2. The van der Waals surface area contributed by atoms with E-state index in [4.69, 9.17) is 0 Å². The molecule has 0 saturated carbocycles. The molecule has 2 aromatic carbocycles. The molecule has 0 spiro atoms. The molecule has 0 N–H and O–H groups in total. The van der Waals surface area contributed by atoms with Crippen LogP contribution in [0.4, 0.5) is 10.1 Å². The Morgan fingerprint density at radius 2 is 2.08 bits per heavy atom. The molecular formula is C20H22FNO3S. The van der Waals surface area contributed by atoms with Crippen molar-refractivity contribution >= 4 is 16.5 Å². The number of fused-ring (bicyclic) bond motifs is 1. The SMILES string of the molecule is CCCCC1C[C@H](c2cccc([N+](=O)[O-])c2)c2cc(F)ccc2S(=O)C1. The van der Waals surface area contributed by atoms with Crippen molar-refractivity contribution in [3.63, 3.8) is 0 Å². The summed E-state index contributed by atoms with van der Waals surface area (Å²) in [5.41, 5.74) is 1.50. The fourth-order valence-electron chi connectivity index (χ4n) is 3.70. The van der Waals surface area contributed by atoms with Crippen LogP contribution >= 0.6 is 0 Å². The molecule has 0 saturated heterocycles. The van der Waals surface area contributed by atoms with Gasteiger partial charge in [-0.25, -0.2) is 4.39 Å². The van der Waals surface area contributed by atoms with Crippen molar-refractivity contribution in [2.75, 3.05) is 5.75 Å². The van der Waals surface area contributed by atoms with Crippen molar-refractivity contribution in [3.8, 4) is 0 Å². The fraction of sp³-hybridized carbons (Fsp3) is 0.400. The first-order valence-corrected chi connectivity index (χ1v) is 10.2. The maximum Gasteiger partial charge on any atom is 0.269 e. The Kier molecular flexibility index (Phi) is 5.81. The topological polar surface area (TPSA) is 60.2 Å². The van der Waals surface area contributed by atoms with Crippen molar-refractivity contribution in [3.05, 3.63) is 69.5 Å². The zero-order valence-electron chi connectivity index (χ0n) is 14.7. The van der Waals surface area contributed by atoms with Crippen LogP contribution in [-0.2, 0) is 10.8 Å². The second kappa shape index (κ2) is 8.08. The summed E-state index contributed by atoms with van der Waals surface area (Å²) >= 11 is 0. The maximum absolute atomic E-state index is 13.9. The number of nitrogens with zero attached hydrogens (tertiary/aromatic N) is 1. The molecule has 0 fully saturated rings. The minimum atomic E-state index is -1.18. The van der Waals surface area contributed by atoms with E-state index in [-0.39, 0.29) is 23.3 Å². The lowest BCUT2D eigenvalue weighted by molar-refractivity contribution is -0.384. The number of hydrogen-bond acceptors (Lipinski definition) is 3. The number of rotatable bonds is 5. The van der Waals surface area contributed by atoms with Gasteiger partial charge in [-0.3, -0.25) is 14.3 Å². The van der Waals surface area contributed by atoms with Gasteiger partial charge in [0.05, 0.1) is 15.7 Å². The fourth-order valence-corrected chi connectivity index (χ4v) is 5.29. The minimum Gasteiger partial charge on any atom is -0.258 e. The smallest absolute Gasteiger partial charge is 0.258 e. The number of nitro benzene ring substituents is 1. The van der Waals surface area contributed by atoms with Crippen LogP contribution in [0.1, 0.15) is 49.7 Å². The van der Waals surface area contributed by atoms with Crippen LogP contribution in [0.25, 0.3) is 0 Å². The highest BCUT2D eigenvalue weighted by Gasteiger charge is 2.30. The van der Waals surface area contributed by atoms with E-state index in [0.717, 1.165) is 31.2 Å². The van der Waals surface area contributed by atoms with Gasteiger partial charge < -0.3 is 0 Å². The van der Waals surface area contributed by atoms with Crippen LogP contribution < -0.4 is 0 Å². The molecule has 2 aromatic rings. The van der Waals surface area contributed by atoms with E-state index in [9.17, 15) is 18.7 Å². The van der Waals surface area contributed by atoms with Gasteiger partial charge in [-0.05, 0) is 48.1 Å². The van der Waals surface area contributed by atoms with Gasteiger partial charge in [0.15, 0.2) is 0 Å². The lowest BCUT2D eigenvalue weighted by Gasteiger charge is -2.21. The number of nitro groups is 1. The average Bonchev–Trinajstić information content (AvgIpc) is 2.76. The molecule has 1 heterocycles. The highest BCUT2D eigenvalue weighted by molar-refractivity contribution is 7.85. The Labute approximate surface area is 155 Å². The molecule has 138 valence electrons. The van der Waals surface area contributed by atoms with E-state index in [1.807, 2.05) is 6.07 Å². The molecule has 6 heteroatoms. The zero-order valence-corrected chi connectivity index (χ0v) is 15.5. The number of unbranched alkanes of at least 4 members (excludes halogenated alkanes) is 1. The summed E-state index contributed by atoms with van der Waals surface area (Å²) < 4.78 is 26.8. The van der Waals surface area contributed by atoms with E-state index in [0.29, 0.717) is 16.2 Å². The van der Waals surface area contributed by atoms with Gasteiger partial charge in [-0.2, -0.15) is 0 Å². The lowest BCUT2D eigenvalue weighted by Crippen LogP contribution is -2.11. The van der Waals surface area contributed by atoms with E-state index in [1.54, 1.807) is 18.2 Å². The molecule has 1 aliphatic heterocycles. The number of non-ortho nitro benzene ring substituents is 1. The van der Waals surface area contributed by atoms with Gasteiger partial charge in [0.25, 0.3) is 5.69 Å². The molecule has 3 atom stereocenters. The first-order chi connectivity index (χ1) is 12.5. The van der Waals surface area contributed by atoms with Crippen molar-refractivity contribution < 1.29 is 13.5 Å². The van der Waals surface area contributed by atoms with E-state index in [2.05, 4.69) is 6.92 Å². The average molecular weight is 375 g/mol. The van der Waals surface area contributed by atoms with Crippen LogP contribution in [-0.4, -0.2) is 14.9 Å². The summed E-state index contributed by atoms with van der Waals surface area (Å²) in [6.07, 6.45) is 3.80. The molecule has 0 aromatic heterocycles. The molecule has 1 aliphatic rings. The Morgan fingerprint density at radius 1 is 1.27 bits per heavy atom. The van der Waals surface area contributed by atoms with Crippen molar-refractivity contribution in [1.29, 1.82) is 0 Å². The van der Waals surface area contributed by atoms with E-state index in [1.165, 1.54) is 18.2 Å². The van der Waals surface area contributed by atoms with Gasteiger partial charge in [-0.15, -0.1) is 0 Å². The van der Waals surface area contributed by atoms with Gasteiger partial charge in [0.1, 0.15) is 5.82 Å². The Morgan fingerprint density at radius 3 is 2.81 bits per heavy atom. The summed E-state index contributed by atoms with van der Waals surface area (Å²) in [6.45, 7) is 2.12.